The zero-order chi connectivity index (χ0) is 10.2. The van der Waals surface area contributed by atoms with Gasteiger partial charge in [0.2, 0.25) is 0 Å². The van der Waals surface area contributed by atoms with Crippen LogP contribution in [0, 0.1) is 5.41 Å². The number of rotatable bonds is 1. The minimum atomic E-state index is 0.0911. The molecule has 0 fully saturated rings. The highest BCUT2D eigenvalue weighted by molar-refractivity contribution is 9.10. The molecule has 1 aromatic rings. The zero-order valence-corrected chi connectivity index (χ0v) is 9.97. The van der Waals surface area contributed by atoms with Crippen LogP contribution in [0.25, 0.3) is 0 Å². The summed E-state index contributed by atoms with van der Waals surface area (Å²) >= 11 is 3.58. The third-order valence-corrected chi connectivity index (χ3v) is 3.94. The first-order valence-corrected chi connectivity index (χ1v) is 5.81. The van der Waals surface area contributed by atoms with Gasteiger partial charge in [-0.2, -0.15) is 0 Å². The van der Waals surface area contributed by atoms with Gasteiger partial charge in [-0.3, -0.25) is 0 Å². The van der Waals surface area contributed by atoms with E-state index in [9.17, 15) is 5.11 Å². The Kier molecular flexibility index (Phi) is 2.67. The van der Waals surface area contributed by atoms with Gasteiger partial charge in [-0.15, -0.1) is 0 Å². The molecule has 0 radical (unpaired) electrons. The van der Waals surface area contributed by atoms with Gasteiger partial charge in [0.1, 0.15) is 0 Å². The highest BCUT2D eigenvalue weighted by atomic mass is 79.9. The Labute approximate surface area is 93.3 Å². The molecule has 2 heteroatoms. The van der Waals surface area contributed by atoms with Gasteiger partial charge in [0, 0.05) is 11.1 Å². The minimum absolute atomic E-state index is 0.0911. The first-order valence-electron chi connectivity index (χ1n) is 5.02. The second-order valence-electron chi connectivity index (χ2n) is 4.52. The van der Waals surface area contributed by atoms with E-state index < -0.39 is 0 Å². The Hall–Kier alpha value is -0.340. The predicted molar refractivity (Wildman–Crippen MR) is 61.4 cm³/mol. The molecule has 1 unspecified atom stereocenters. The minimum Gasteiger partial charge on any atom is -0.396 e. The first-order chi connectivity index (χ1) is 6.64. The fraction of sp³-hybridized carbons (Fsp3) is 0.500. The number of halogens is 1. The van der Waals surface area contributed by atoms with E-state index in [4.69, 9.17) is 0 Å². The Morgan fingerprint density at radius 1 is 1.50 bits per heavy atom. The maximum absolute atomic E-state index is 9.33. The highest BCUT2D eigenvalue weighted by Crippen LogP contribution is 2.37. The molecular formula is C12H15BrO. The Bertz CT molecular complexity index is 348. The molecule has 1 nitrogen and oxygen atoms in total. The molecule has 0 amide bonds. The number of aliphatic hydroxyl groups is 1. The van der Waals surface area contributed by atoms with Crippen molar-refractivity contribution in [3.8, 4) is 0 Å². The van der Waals surface area contributed by atoms with E-state index in [2.05, 4.69) is 41.1 Å². The van der Waals surface area contributed by atoms with Crippen molar-refractivity contribution in [3.63, 3.8) is 0 Å². The summed E-state index contributed by atoms with van der Waals surface area (Å²) in [5.41, 5.74) is 2.91. The molecule has 0 aromatic heterocycles. The molecule has 0 saturated heterocycles. The maximum Gasteiger partial charge on any atom is 0.0488 e. The molecule has 0 heterocycles. The molecule has 1 aliphatic rings. The standard InChI is InChI=1S/C12H15BrO/c1-12(8-14)6-5-10-9(7-12)3-2-4-11(10)13/h2-4,14H,5-8H2,1H3. The summed E-state index contributed by atoms with van der Waals surface area (Å²) in [5.74, 6) is 0. The van der Waals surface area contributed by atoms with Crippen molar-refractivity contribution in [1.29, 1.82) is 0 Å². The molecule has 2 rings (SSSR count). The molecule has 0 saturated carbocycles. The van der Waals surface area contributed by atoms with Gasteiger partial charge >= 0.3 is 0 Å². The largest absolute Gasteiger partial charge is 0.396 e. The lowest BCUT2D eigenvalue weighted by molar-refractivity contribution is 0.126. The van der Waals surface area contributed by atoms with Crippen LogP contribution in [0.5, 0.6) is 0 Å². The lowest BCUT2D eigenvalue weighted by Gasteiger charge is -2.33. The van der Waals surface area contributed by atoms with Crippen molar-refractivity contribution in [2.75, 3.05) is 6.61 Å². The number of aliphatic hydroxyl groups excluding tert-OH is 1. The molecular weight excluding hydrogens is 240 g/mol. The number of hydrogen-bond donors (Lipinski definition) is 1. The van der Waals surface area contributed by atoms with Crippen LogP contribution in [-0.4, -0.2) is 11.7 Å². The van der Waals surface area contributed by atoms with Crippen LogP contribution < -0.4 is 0 Å². The van der Waals surface area contributed by atoms with E-state index in [1.54, 1.807) is 0 Å². The van der Waals surface area contributed by atoms with Gasteiger partial charge in [-0.05, 0) is 41.9 Å². The SMILES string of the molecule is CC1(CO)CCc2c(Br)cccc2C1. The number of hydrogen-bond acceptors (Lipinski definition) is 1. The van der Waals surface area contributed by atoms with Crippen LogP contribution >= 0.6 is 15.9 Å². The molecule has 1 aromatic carbocycles. The van der Waals surface area contributed by atoms with Crippen molar-refractivity contribution in [2.45, 2.75) is 26.2 Å². The highest BCUT2D eigenvalue weighted by Gasteiger charge is 2.29. The molecule has 1 N–H and O–H groups in total. The van der Waals surface area contributed by atoms with Gasteiger partial charge < -0.3 is 5.11 Å². The summed E-state index contributed by atoms with van der Waals surface area (Å²) in [6.07, 6.45) is 3.16. The molecule has 76 valence electrons. The van der Waals surface area contributed by atoms with E-state index in [1.807, 2.05) is 0 Å². The summed E-state index contributed by atoms with van der Waals surface area (Å²) in [4.78, 5) is 0. The lowest BCUT2D eigenvalue weighted by atomic mass is 9.73. The maximum atomic E-state index is 9.33. The molecule has 0 aliphatic heterocycles. The second kappa shape index (κ2) is 3.67. The van der Waals surface area contributed by atoms with Crippen molar-refractivity contribution in [1.82, 2.24) is 0 Å². The fourth-order valence-electron chi connectivity index (χ4n) is 2.16. The Morgan fingerprint density at radius 2 is 2.29 bits per heavy atom. The zero-order valence-electron chi connectivity index (χ0n) is 8.39. The van der Waals surface area contributed by atoms with Crippen LogP contribution in [0.2, 0.25) is 0 Å². The van der Waals surface area contributed by atoms with Crippen LogP contribution in [0.4, 0.5) is 0 Å². The van der Waals surface area contributed by atoms with Crippen molar-refractivity contribution in [2.24, 2.45) is 5.41 Å². The van der Waals surface area contributed by atoms with Crippen molar-refractivity contribution < 1.29 is 5.11 Å². The summed E-state index contributed by atoms with van der Waals surface area (Å²) in [6.45, 7) is 2.45. The topological polar surface area (TPSA) is 20.2 Å². The summed E-state index contributed by atoms with van der Waals surface area (Å²) in [6, 6.07) is 6.35. The van der Waals surface area contributed by atoms with Crippen molar-refractivity contribution in [3.05, 3.63) is 33.8 Å². The van der Waals surface area contributed by atoms with E-state index in [0.717, 1.165) is 19.3 Å². The fourth-order valence-corrected chi connectivity index (χ4v) is 2.76. The van der Waals surface area contributed by atoms with Gasteiger partial charge in [0.05, 0.1) is 0 Å². The quantitative estimate of drug-likeness (QED) is 0.818. The second-order valence-corrected chi connectivity index (χ2v) is 5.38. The molecule has 1 atom stereocenters. The van der Waals surface area contributed by atoms with Gasteiger partial charge in [-0.1, -0.05) is 35.0 Å². The molecule has 0 spiro atoms. The van der Waals surface area contributed by atoms with Crippen LogP contribution in [-0.2, 0) is 12.8 Å². The molecule has 14 heavy (non-hydrogen) atoms. The summed E-state index contributed by atoms with van der Waals surface area (Å²) < 4.78 is 1.22. The number of benzene rings is 1. The first kappa shape index (κ1) is 10.2. The number of fused-ring (bicyclic) bond motifs is 1. The van der Waals surface area contributed by atoms with E-state index in [1.165, 1.54) is 15.6 Å². The van der Waals surface area contributed by atoms with Crippen LogP contribution in [0.15, 0.2) is 22.7 Å². The van der Waals surface area contributed by atoms with E-state index in [0.29, 0.717) is 6.61 Å². The smallest absolute Gasteiger partial charge is 0.0488 e. The third-order valence-electron chi connectivity index (χ3n) is 3.19. The Balaban J connectivity index is 2.36. The predicted octanol–water partition coefficient (Wildman–Crippen LogP) is 2.94. The summed E-state index contributed by atoms with van der Waals surface area (Å²) in [5, 5.41) is 9.33. The van der Waals surface area contributed by atoms with E-state index in [-0.39, 0.29) is 5.41 Å². The average molecular weight is 255 g/mol. The van der Waals surface area contributed by atoms with Gasteiger partial charge in [-0.25, -0.2) is 0 Å². The normalized spacial score (nSPS) is 25.9. The third kappa shape index (κ3) is 1.73. The monoisotopic (exact) mass is 254 g/mol. The average Bonchev–Trinajstić information content (AvgIpc) is 2.18. The van der Waals surface area contributed by atoms with Gasteiger partial charge in [0.25, 0.3) is 0 Å². The molecule has 1 aliphatic carbocycles. The lowest BCUT2D eigenvalue weighted by Crippen LogP contribution is -2.29. The van der Waals surface area contributed by atoms with E-state index >= 15 is 0 Å². The van der Waals surface area contributed by atoms with Crippen LogP contribution in [0.1, 0.15) is 24.5 Å². The van der Waals surface area contributed by atoms with Crippen molar-refractivity contribution >= 4 is 15.9 Å². The molecule has 0 bridgehead atoms. The van der Waals surface area contributed by atoms with Gasteiger partial charge in [0.15, 0.2) is 0 Å². The Morgan fingerprint density at radius 3 is 3.00 bits per heavy atom. The van der Waals surface area contributed by atoms with Crippen LogP contribution in [0.3, 0.4) is 0 Å². The summed E-state index contributed by atoms with van der Waals surface area (Å²) in [7, 11) is 0.